The fourth-order valence-corrected chi connectivity index (χ4v) is 1.50. The molecular weight excluding hydrogens is 224 g/mol. The van der Waals surface area contributed by atoms with Crippen molar-refractivity contribution in [3.05, 3.63) is 35.4 Å². The lowest BCUT2D eigenvalue weighted by Gasteiger charge is -2.04. The standard InChI is InChI=1S/C13H17ClO2/c1-2-3-4-9-16-10-11-5-7-12(8-6-11)13(14)15/h5-8H,2-4,9-10H2,1H3. The molecule has 0 heterocycles. The molecule has 0 amide bonds. The van der Waals surface area contributed by atoms with Gasteiger partial charge in [-0.25, -0.2) is 0 Å². The van der Waals surface area contributed by atoms with E-state index in [1.165, 1.54) is 12.8 Å². The first kappa shape index (κ1) is 13.2. The van der Waals surface area contributed by atoms with Gasteiger partial charge in [-0.1, -0.05) is 31.9 Å². The Labute approximate surface area is 102 Å². The van der Waals surface area contributed by atoms with E-state index < -0.39 is 5.24 Å². The Morgan fingerprint density at radius 1 is 1.25 bits per heavy atom. The lowest BCUT2D eigenvalue weighted by Crippen LogP contribution is -1.96. The maximum absolute atomic E-state index is 10.8. The molecular formula is C13H17ClO2. The average molecular weight is 241 g/mol. The van der Waals surface area contributed by atoms with Gasteiger partial charge in [-0.2, -0.15) is 0 Å². The van der Waals surface area contributed by atoms with Crippen LogP contribution in [0.1, 0.15) is 42.1 Å². The highest BCUT2D eigenvalue weighted by Crippen LogP contribution is 2.08. The fourth-order valence-electron chi connectivity index (χ4n) is 1.38. The summed E-state index contributed by atoms with van der Waals surface area (Å²) in [4.78, 5) is 10.8. The van der Waals surface area contributed by atoms with Crippen LogP contribution in [0.3, 0.4) is 0 Å². The van der Waals surface area contributed by atoms with E-state index in [0.29, 0.717) is 12.2 Å². The van der Waals surface area contributed by atoms with Crippen LogP contribution in [-0.4, -0.2) is 11.8 Å². The Balaban J connectivity index is 2.29. The summed E-state index contributed by atoms with van der Waals surface area (Å²) in [6.45, 7) is 3.56. The van der Waals surface area contributed by atoms with Crippen LogP contribution in [0.5, 0.6) is 0 Å². The molecule has 0 bridgehead atoms. The molecule has 0 fully saturated rings. The molecule has 0 saturated heterocycles. The van der Waals surface area contributed by atoms with Crippen LogP contribution in [0.4, 0.5) is 0 Å². The second-order valence-electron chi connectivity index (χ2n) is 3.73. The number of carbonyl (C=O) groups excluding carboxylic acids is 1. The van der Waals surface area contributed by atoms with Gasteiger partial charge in [0.25, 0.3) is 5.24 Å². The Kier molecular flexibility index (Phi) is 6.12. The Morgan fingerprint density at radius 2 is 1.94 bits per heavy atom. The van der Waals surface area contributed by atoms with Crippen LogP contribution >= 0.6 is 11.6 Å². The smallest absolute Gasteiger partial charge is 0.252 e. The van der Waals surface area contributed by atoms with Crippen molar-refractivity contribution in [1.82, 2.24) is 0 Å². The SMILES string of the molecule is CCCCCOCc1ccc(C(=O)Cl)cc1. The molecule has 0 radical (unpaired) electrons. The number of halogens is 1. The number of ether oxygens (including phenoxy) is 1. The van der Waals surface area contributed by atoms with Crippen molar-refractivity contribution in [3.8, 4) is 0 Å². The summed E-state index contributed by atoms with van der Waals surface area (Å²) in [7, 11) is 0. The zero-order valence-electron chi connectivity index (χ0n) is 9.54. The summed E-state index contributed by atoms with van der Waals surface area (Å²) in [6.07, 6.45) is 3.52. The number of unbranched alkanes of at least 4 members (excludes halogenated alkanes) is 2. The van der Waals surface area contributed by atoms with Crippen molar-refractivity contribution < 1.29 is 9.53 Å². The van der Waals surface area contributed by atoms with Crippen LogP contribution in [0.25, 0.3) is 0 Å². The first-order valence-electron chi connectivity index (χ1n) is 5.60. The molecule has 3 heteroatoms. The predicted octanol–water partition coefficient (Wildman–Crippen LogP) is 3.77. The number of hydrogen-bond donors (Lipinski definition) is 0. The van der Waals surface area contributed by atoms with Gasteiger partial charge < -0.3 is 4.74 Å². The Bertz CT molecular complexity index is 319. The minimum atomic E-state index is -0.421. The normalized spacial score (nSPS) is 10.4. The zero-order chi connectivity index (χ0) is 11.8. The molecule has 88 valence electrons. The van der Waals surface area contributed by atoms with Crippen LogP contribution < -0.4 is 0 Å². The maximum atomic E-state index is 10.8. The largest absolute Gasteiger partial charge is 0.377 e. The summed E-state index contributed by atoms with van der Waals surface area (Å²) in [5.41, 5.74) is 1.59. The molecule has 1 aromatic rings. The van der Waals surface area contributed by atoms with Gasteiger partial charge in [0.05, 0.1) is 6.61 Å². The van der Waals surface area contributed by atoms with Gasteiger partial charge in [0.1, 0.15) is 0 Å². The van der Waals surface area contributed by atoms with Crippen molar-refractivity contribution >= 4 is 16.8 Å². The topological polar surface area (TPSA) is 26.3 Å². The highest BCUT2D eigenvalue weighted by atomic mass is 35.5. The number of carbonyl (C=O) groups is 1. The van der Waals surface area contributed by atoms with Crippen LogP contribution in [0.15, 0.2) is 24.3 Å². The van der Waals surface area contributed by atoms with Crippen molar-refractivity contribution in [3.63, 3.8) is 0 Å². The number of hydrogen-bond acceptors (Lipinski definition) is 2. The third-order valence-corrected chi connectivity index (χ3v) is 2.56. The van der Waals surface area contributed by atoms with E-state index in [2.05, 4.69) is 6.92 Å². The molecule has 0 N–H and O–H groups in total. The quantitative estimate of drug-likeness (QED) is 0.536. The molecule has 0 atom stereocenters. The molecule has 16 heavy (non-hydrogen) atoms. The van der Waals surface area contributed by atoms with Crippen molar-refractivity contribution in [2.24, 2.45) is 0 Å². The minimum absolute atomic E-state index is 0.421. The summed E-state index contributed by atoms with van der Waals surface area (Å²) >= 11 is 5.35. The predicted molar refractivity (Wildman–Crippen MR) is 65.8 cm³/mol. The van der Waals surface area contributed by atoms with E-state index in [4.69, 9.17) is 16.3 Å². The van der Waals surface area contributed by atoms with E-state index in [-0.39, 0.29) is 0 Å². The first-order chi connectivity index (χ1) is 7.74. The third kappa shape index (κ3) is 4.77. The first-order valence-corrected chi connectivity index (χ1v) is 5.98. The summed E-state index contributed by atoms with van der Waals surface area (Å²) in [6, 6.07) is 7.19. The van der Waals surface area contributed by atoms with Crippen LogP contribution in [-0.2, 0) is 11.3 Å². The van der Waals surface area contributed by atoms with E-state index in [9.17, 15) is 4.79 Å². The van der Waals surface area contributed by atoms with Gasteiger partial charge in [0, 0.05) is 12.2 Å². The molecule has 1 aromatic carbocycles. The lowest BCUT2D eigenvalue weighted by molar-refractivity contribution is 0.108. The second-order valence-corrected chi connectivity index (χ2v) is 4.07. The lowest BCUT2D eigenvalue weighted by atomic mass is 10.1. The number of rotatable bonds is 7. The molecule has 0 aromatic heterocycles. The molecule has 0 spiro atoms. The van der Waals surface area contributed by atoms with Gasteiger partial charge in [0.2, 0.25) is 0 Å². The summed E-state index contributed by atoms with van der Waals surface area (Å²) in [5, 5.41) is -0.421. The Morgan fingerprint density at radius 3 is 2.50 bits per heavy atom. The minimum Gasteiger partial charge on any atom is -0.377 e. The van der Waals surface area contributed by atoms with Crippen molar-refractivity contribution in [2.75, 3.05) is 6.61 Å². The van der Waals surface area contributed by atoms with E-state index in [1.807, 2.05) is 12.1 Å². The highest BCUT2D eigenvalue weighted by molar-refractivity contribution is 6.67. The highest BCUT2D eigenvalue weighted by Gasteiger charge is 2.00. The van der Waals surface area contributed by atoms with E-state index in [1.54, 1.807) is 12.1 Å². The molecule has 1 rings (SSSR count). The van der Waals surface area contributed by atoms with Crippen LogP contribution in [0, 0.1) is 0 Å². The molecule has 2 nitrogen and oxygen atoms in total. The molecule has 0 unspecified atom stereocenters. The van der Waals surface area contributed by atoms with E-state index in [0.717, 1.165) is 18.6 Å². The van der Waals surface area contributed by atoms with Gasteiger partial charge in [-0.05, 0) is 35.7 Å². The summed E-state index contributed by atoms with van der Waals surface area (Å²) in [5.74, 6) is 0. The molecule has 0 aliphatic carbocycles. The van der Waals surface area contributed by atoms with Gasteiger partial charge in [-0.15, -0.1) is 0 Å². The van der Waals surface area contributed by atoms with Gasteiger partial charge in [-0.3, -0.25) is 4.79 Å². The molecule has 0 saturated carbocycles. The second kappa shape index (κ2) is 7.42. The number of benzene rings is 1. The Hall–Kier alpha value is -0.860. The van der Waals surface area contributed by atoms with Crippen LogP contribution in [0.2, 0.25) is 0 Å². The molecule has 0 aliphatic rings. The third-order valence-electron chi connectivity index (χ3n) is 2.34. The summed E-state index contributed by atoms with van der Waals surface area (Å²) < 4.78 is 5.50. The van der Waals surface area contributed by atoms with Gasteiger partial charge >= 0.3 is 0 Å². The van der Waals surface area contributed by atoms with Crippen molar-refractivity contribution in [1.29, 1.82) is 0 Å². The molecule has 0 aliphatic heterocycles. The zero-order valence-corrected chi connectivity index (χ0v) is 10.3. The average Bonchev–Trinajstić information content (AvgIpc) is 2.29. The fraction of sp³-hybridized carbons (Fsp3) is 0.462. The van der Waals surface area contributed by atoms with Crippen molar-refractivity contribution in [2.45, 2.75) is 32.8 Å². The van der Waals surface area contributed by atoms with Gasteiger partial charge in [0.15, 0.2) is 0 Å². The van der Waals surface area contributed by atoms with E-state index >= 15 is 0 Å². The maximum Gasteiger partial charge on any atom is 0.252 e. The monoisotopic (exact) mass is 240 g/mol.